The van der Waals surface area contributed by atoms with Gasteiger partial charge in [-0.15, -0.1) is 0 Å². The highest BCUT2D eigenvalue weighted by Gasteiger charge is 2.48. The highest BCUT2D eigenvalue weighted by Crippen LogP contribution is 2.39. The highest BCUT2D eigenvalue weighted by atomic mass is 16.7. The number of hydrogen-bond acceptors (Lipinski definition) is 17. The van der Waals surface area contributed by atoms with Crippen LogP contribution in [-0.4, -0.2) is 131 Å². The molecule has 11 N–H and O–H groups in total. The minimum absolute atomic E-state index is 0.0504. The smallest absolute Gasteiger partial charge is 0.239 e. The minimum atomic E-state index is -2.00. The van der Waals surface area contributed by atoms with Crippen LogP contribution in [-0.2, 0) is 14.2 Å². The molecule has 2 aromatic carbocycles. The van der Waals surface area contributed by atoms with E-state index < -0.39 is 120 Å². The molecule has 0 radical (unpaired) electrons. The van der Waals surface area contributed by atoms with Crippen molar-refractivity contribution in [1.82, 2.24) is 0 Å². The Labute approximate surface area is 246 Å². The zero-order valence-corrected chi connectivity index (χ0v) is 22.4. The van der Waals surface area contributed by atoms with E-state index in [9.17, 15) is 61.0 Å². The molecule has 1 aromatic heterocycles. The zero-order valence-electron chi connectivity index (χ0n) is 22.4. The maximum absolute atomic E-state index is 13.6. The van der Waals surface area contributed by atoms with E-state index in [0.29, 0.717) is 0 Å². The number of aliphatic hydroxyl groups is 7. The Hall–Kier alpha value is -3.75. The van der Waals surface area contributed by atoms with Gasteiger partial charge in [-0.1, -0.05) is 0 Å². The fourth-order valence-corrected chi connectivity index (χ4v) is 4.89. The molecule has 3 heterocycles. The van der Waals surface area contributed by atoms with E-state index in [0.717, 1.165) is 24.3 Å². The van der Waals surface area contributed by atoms with Crippen LogP contribution < -0.4 is 10.2 Å². The van der Waals surface area contributed by atoms with Gasteiger partial charge in [0.1, 0.15) is 71.3 Å². The number of benzene rings is 2. The molecule has 2 aliphatic rings. The van der Waals surface area contributed by atoms with E-state index in [1.54, 1.807) is 0 Å². The maximum Gasteiger partial charge on any atom is 0.239 e. The van der Waals surface area contributed by atoms with Crippen LogP contribution in [0.2, 0.25) is 0 Å². The molecule has 0 aliphatic carbocycles. The molecule has 2 fully saturated rings. The lowest BCUT2D eigenvalue weighted by molar-refractivity contribution is -0.323. The topological polar surface area (TPSA) is 290 Å². The van der Waals surface area contributed by atoms with Crippen LogP contribution >= 0.6 is 0 Å². The summed E-state index contributed by atoms with van der Waals surface area (Å²) in [6.07, 6.45) is -17.4. The third kappa shape index (κ3) is 5.73. The molecule has 240 valence electrons. The summed E-state index contributed by atoms with van der Waals surface area (Å²) in [6, 6.07) is 5.17. The molecule has 3 aromatic rings. The molecule has 17 nitrogen and oxygen atoms in total. The molecule has 17 heteroatoms. The molecule has 0 saturated carbocycles. The van der Waals surface area contributed by atoms with Crippen molar-refractivity contribution in [2.75, 3.05) is 13.2 Å². The third-order valence-corrected chi connectivity index (χ3v) is 7.33. The van der Waals surface area contributed by atoms with Crippen molar-refractivity contribution in [2.45, 2.75) is 61.4 Å². The van der Waals surface area contributed by atoms with Crippen molar-refractivity contribution in [3.63, 3.8) is 0 Å². The Morgan fingerprint density at radius 1 is 0.705 bits per heavy atom. The van der Waals surface area contributed by atoms with E-state index in [2.05, 4.69) is 0 Å². The van der Waals surface area contributed by atoms with Gasteiger partial charge in [-0.05, 0) is 18.2 Å². The molecule has 2 saturated heterocycles. The van der Waals surface area contributed by atoms with E-state index in [1.165, 1.54) is 6.07 Å². The average molecular weight is 627 g/mol. The fourth-order valence-electron chi connectivity index (χ4n) is 4.89. The van der Waals surface area contributed by atoms with Crippen molar-refractivity contribution in [2.24, 2.45) is 0 Å². The minimum Gasteiger partial charge on any atom is -0.508 e. The number of hydrogen-bond donors (Lipinski definition) is 11. The summed E-state index contributed by atoms with van der Waals surface area (Å²) in [5.41, 5.74) is -1.41. The average Bonchev–Trinajstić information content (AvgIpc) is 2.98. The summed E-state index contributed by atoms with van der Waals surface area (Å²) in [4.78, 5) is 13.6. The van der Waals surface area contributed by atoms with Gasteiger partial charge < -0.3 is 79.5 Å². The first-order valence-corrected chi connectivity index (χ1v) is 13.2. The molecule has 0 bridgehead atoms. The molecule has 0 spiro atoms. The summed E-state index contributed by atoms with van der Waals surface area (Å²) < 4.78 is 27.6. The van der Waals surface area contributed by atoms with Crippen LogP contribution in [0.1, 0.15) is 0 Å². The van der Waals surface area contributed by atoms with Crippen molar-refractivity contribution >= 4 is 11.0 Å². The first-order chi connectivity index (χ1) is 20.8. The number of aliphatic hydroxyl groups excluding tert-OH is 7. The number of phenolic OH excluding ortho intramolecular Hbond substituents is 4. The number of fused-ring (bicyclic) bond motifs is 1. The summed E-state index contributed by atoms with van der Waals surface area (Å²) in [7, 11) is 0. The number of aromatic hydroxyl groups is 4. The highest BCUT2D eigenvalue weighted by molar-refractivity contribution is 5.88. The van der Waals surface area contributed by atoms with Crippen molar-refractivity contribution in [3.05, 3.63) is 40.6 Å². The third-order valence-electron chi connectivity index (χ3n) is 7.33. The SMILES string of the molecule is O=c1c(O[C@H]2O[C@H](CO[C@@H]3O[C@H](CO)[C@H](O)[C@H](O)[C@H]3O)[C@H](O)[C@@H](O)[C@H]2O)c(-c2ccc(O)c(O)c2)oc2cc(O)cc(O)c12. The largest absolute Gasteiger partial charge is 0.508 e. The predicted molar refractivity (Wildman–Crippen MR) is 142 cm³/mol. The molecule has 10 atom stereocenters. The lowest BCUT2D eigenvalue weighted by Crippen LogP contribution is -2.62. The number of phenols is 4. The van der Waals surface area contributed by atoms with Crippen LogP contribution in [0, 0.1) is 0 Å². The normalized spacial score (nSPS) is 32.5. The van der Waals surface area contributed by atoms with Crippen molar-refractivity contribution in [3.8, 4) is 40.1 Å². The van der Waals surface area contributed by atoms with Crippen LogP contribution in [0.15, 0.2) is 39.5 Å². The predicted octanol–water partition coefficient (Wildman–Crippen LogP) is -2.71. The second-order valence-corrected chi connectivity index (χ2v) is 10.3. The summed E-state index contributed by atoms with van der Waals surface area (Å²) in [5.74, 6) is -3.44. The van der Waals surface area contributed by atoms with Crippen LogP contribution in [0.3, 0.4) is 0 Å². The van der Waals surface area contributed by atoms with Gasteiger partial charge in [-0.3, -0.25) is 4.79 Å². The first-order valence-electron chi connectivity index (χ1n) is 13.2. The fraction of sp³-hybridized carbons (Fsp3) is 0.444. The quantitative estimate of drug-likeness (QED) is 0.119. The van der Waals surface area contributed by atoms with Gasteiger partial charge in [0.2, 0.25) is 17.5 Å². The molecular weight excluding hydrogens is 596 g/mol. The van der Waals surface area contributed by atoms with Gasteiger partial charge in [0.15, 0.2) is 23.5 Å². The number of ether oxygens (including phenoxy) is 4. The Bertz CT molecular complexity index is 1560. The number of rotatable bonds is 7. The second-order valence-electron chi connectivity index (χ2n) is 10.3. The Kier molecular flexibility index (Phi) is 8.87. The van der Waals surface area contributed by atoms with E-state index in [4.69, 9.17) is 23.4 Å². The van der Waals surface area contributed by atoms with E-state index >= 15 is 0 Å². The summed E-state index contributed by atoms with van der Waals surface area (Å²) in [6.45, 7) is -1.42. The molecule has 0 unspecified atom stereocenters. The van der Waals surface area contributed by atoms with Gasteiger partial charge in [-0.25, -0.2) is 0 Å². The first kappa shape index (κ1) is 31.7. The summed E-state index contributed by atoms with van der Waals surface area (Å²) in [5, 5.41) is 111. The van der Waals surface area contributed by atoms with Gasteiger partial charge in [0.25, 0.3) is 0 Å². The standard InChI is InChI=1S/C27H30O17/c28-6-14-17(33)20(36)22(38)26(42-14)40-7-15-18(34)21(37)23(39)27(43-15)44-25-19(35)16-12(32)4-9(29)5-13(16)41-24(25)8-1-2-10(30)11(31)3-8/h1-5,14-15,17-18,20-23,26-34,36-39H,6-7H2/t14-,15-,17+,18+,20+,21-,22-,23-,26-,27-/m1/s1. The lowest BCUT2D eigenvalue weighted by atomic mass is 9.98. The van der Waals surface area contributed by atoms with E-state index in [-0.39, 0.29) is 11.1 Å². The van der Waals surface area contributed by atoms with Gasteiger partial charge in [0.05, 0.1) is 13.2 Å². The molecule has 0 amide bonds. The van der Waals surface area contributed by atoms with Gasteiger partial charge >= 0.3 is 0 Å². The van der Waals surface area contributed by atoms with Crippen LogP contribution in [0.5, 0.6) is 28.7 Å². The lowest BCUT2D eigenvalue weighted by Gasteiger charge is -2.42. The second kappa shape index (κ2) is 12.3. The molecule has 44 heavy (non-hydrogen) atoms. The van der Waals surface area contributed by atoms with Crippen molar-refractivity contribution < 1.29 is 79.5 Å². The van der Waals surface area contributed by atoms with Crippen LogP contribution in [0.4, 0.5) is 0 Å². The van der Waals surface area contributed by atoms with E-state index in [1.807, 2.05) is 0 Å². The maximum atomic E-state index is 13.6. The van der Waals surface area contributed by atoms with Crippen molar-refractivity contribution in [1.29, 1.82) is 0 Å². The Morgan fingerprint density at radius 2 is 1.34 bits per heavy atom. The monoisotopic (exact) mass is 626 g/mol. The van der Waals surface area contributed by atoms with Crippen LogP contribution in [0.25, 0.3) is 22.3 Å². The van der Waals surface area contributed by atoms with Gasteiger partial charge in [-0.2, -0.15) is 0 Å². The molecular formula is C27H30O17. The molecule has 5 rings (SSSR count). The molecule has 2 aliphatic heterocycles. The Balaban J connectivity index is 1.47. The van der Waals surface area contributed by atoms with Gasteiger partial charge in [0, 0.05) is 17.7 Å². The summed E-state index contributed by atoms with van der Waals surface area (Å²) >= 11 is 0. The zero-order chi connectivity index (χ0) is 32.0. The Morgan fingerprint density at radius 3 is 2.00 bits per heavy atom.